The molecule has 3 atom stereocenters. The van der Waals surface area contributed by atoms with Gasteiger partial charge >= 0.3 is 5.97 Å². The molecule has 0 radical (unpaired) electrons. The molecule has 1 aromatic rings. The molecule has 116 valence electrons. The minimum atomic E-state index is -0.489. The number of likely N-dealkylation sites (tertiary alicyclic amines) is 1. The summed E-state index contributed by atoms with van der Waals surface area (Å²) in [7, 11) is 0. The maximum absolute atomic E-state index is 11.7. The smallest absolute Gasteiger partial charge is 0.303 e. The number of carbonyl (C=O) groups excluding carboxylic acids is 1. The second-order valence-electron chi connectivity index (χ2n) is 6.30. The molecule has 1 aromatic carbocycles. The topological polar surface area (TPSA) is 29.5 Å². The number of hydrogen-bond acceptors (Lipinski definition) is 3. The van der Waals surface area contributed by atoms with Crippen molar-refractivity contribution in [2.45, 2.75) is 52.2 Å². The summed E-state index contributed by atoms with van der Waals surface area (Å²) in [5, 5.41) is 0. The van der Waals surface area contributed by atoms with Crippen molar-refractivity contribution in [1.29, 1.82) is 0 Å². The Morgan fingerprint density at radius 1 is 1.33 bits per heavy atom. The van der Waals surface area contributed by atoms with Crippen LogP contribution in [0.5, 0.6) is 0 Å². The van der Waals surface area contributed by atoms with Gasteiger partial charge in [0, 0.05) is 31.8 Å². The summed E-state index contributed by atoms with van der Waals surface area (Å²) in [4.78, 5) is 14.2. The molecular weight excluding hydrogens is 262 g/mol. The van der Waals surface area contributed by atoms with Crippen LogP contribution in [0.4, 0.5) is 0 Å². The third-order valence-electron chi connectivity index (χ3n) is 4.63. The Bertz CT molecular complexity index is 473. The van der Waals surface area contributed by atoms with Gasteiger partial charge in [0.2, 0.25) is 0 Å². The fraction of sp³-hybridized carbons (Fsp3) is 0.611. The fourth-order valence-electron chi connectivity index (χ4n) is 3.63. The molecule has 1 saturated heterocycles. The van der Waals surface area contributed by atoms with Crippen molar-refractivity contribution in [3.8, 4) is 0 Å². The normalized spacial score (nSPS) is 30.1. The van der Waals surface area contributed by atoms with Crippen LogP contribution in [0.15, 0.2) is 30.3 Å². The van der Waals surface area contributed by atoms with E-state index in [1.54, 1.807) is 0 Å². The molecule has 0 aliphatic carbocycles. The van der Waals surface area contributed by atoms with Crippen LogP contribution in [-0.2, 0) is 15.1 Å². The molecule has 0 unspecified atom stereocenters. The number of nitrogens with zero attached hydrogens (tertiary/aromatic N) is 1. The van der Waals surface area contributed by atoms with Gasteiger partial charge in [0.1, 0.15) is 5.60 Å². The minimum Gasteiger partial charge on any atom is -0.454 e. The third-order valence-corrected chi connectivity index (χ3v) is 4.63. The second kappa shape index (κ2) is 6.61. The molecule has 3 heteroatoms. The van der Waals surface area contributed by atoms with Crippen molar-refractivity contribution >= 4 is 5.97 Å². The van der Waals surface area contributed by atoms with E-state index in [0.29, 0.717) is 6.04 Å². The van der Waals surface area contributed by atoms with E-state index in [1.165, 1.54) is 6.92 Å². The van der Waals surface area contributed by atoms with Crippen LogP contribution in [0, 0.1) is 5.92 Å². The zero-order valence-electron chi connectivity index (χ0n) is 13.6. The van der Waals surface area contributed by atoms with E-state index in [1.807, 2.05) is 18.2 Å². The summed E-state index contributed by atoms with van der Waals surface area (Å²) in [5.41, 5.74) is 0.632. The van der Waals surface area contributed by atoms with Crippen LogP contribution in [0.2, 0.25) is 0 Å². The third kappa shape index (κ3) is 3.29. The molecule has 0 bridgehead atoms. The van der Waals surface area contributed by atoms with Crippen molar-refractivity contribution < 1.29 is 9.53 Å². The number of carbonyl (C=O) groups is 1. The van der Waals surface area contributed by atoms with Crippen LogP contribution >= 0.6 is 0 Å². The van der Waals surface area contributed by atoms with E-state index < -0.39 is 5.60 Å². The van der Waals surface area contributed by atoms with Crippen LogP contribution < -0.4 is 0 Å². The van der Waals surface area contributed by atoms with Gasteiger partial charge in [0.25, 0.3) is 0 Å². The first-order valence-corrected chi connectivity index (χ1v) is 7.98. The number of ether oxygens (including phenoxy) is 1. The highest BCUT2D eigenvalue weighted by Gasteiger charge is 2.47. The minimum absolute atomic E-state index is 0.193. The first-order chi connectivity index (χ1) is 9.99. The highest BCUT2D eigenvalue weighted by molar-refractivity contribution is 5.67. The lowest BCUT2D eigenvalue weighted by Crippen LogP contribution is -2.54. The summed E-state index contributed by atoms with van der Waals surface area (Å²) >= 11 is 0. The van der Waals surface area contributed by atoms with Gasteiger partial charge in [-0.05, 0) is 25.5 Å². The molecular formula is C18H27NO2. The highest BCUT2D eigenvalue weighted by Crippen LogP contribution is 2.43. The fourth-order valence-corrected chi connectivity index (χ4v) is 3.63. The van der Waals surface area contributed by atoms with Crippen molar-refractivity contribution in [3.63, 3.8) is 0 Å². The maximum Gasteiger partial charge on any atom is 0.303 e. The van der Waals surface area contributed by atoms with Gasteiger partial charge in [-0.25, -0.2) is 0 Å². The maximum atomic E-state index is 11.7. The van der Waals surface area contributed by atoms with Crippen LogP contribution in [-0.4, -0.2) is 30.0 Å². The largest absolute Gasteiger partial charge is 0.454 e. The van der Waals surface area contributed by atoms with Crippen molar-refractivity contribution in [2.24, 2.45) is 5.92 Å². The number of benzene rings is 1. The predicted molar refractivity (Wildman–Crippen MR) is 85.0 cm³/mol. The SMILES string of the molecule is CCCN1C[C@H](C)[C@](OC(C)=O)(c2ccccc2)C[C@H]1C. The average Bonchev–Trinajstić information content (AvgIpc) is 2.45. The summed E-state index contributed by atoms with van der Waals surface area (Å²) in [6.07, 6.45) is 2.01. The van der Waals surface area contributed by atoms with Gasteiger partial charge in [-0.3, -0.25) is 4.79 Å². The van der Waals surface area contributed by atoms with E-state index in [2.05, 4.69) is 37.8 Å². The molecule has 2 rings (SSSR count). The van der Waals surface area contributed by atoms with Crippen molar-refractivity contribution in [2.75, 3.05) is 13.1 Å². The van der Waals surface area contributed by atoms with E-state index in [-0.39, 0.29) is 11.9 Å². The molecule has 0 N–H and O–H groups in total. The van der Waals surface area contributed by atoms with Gasteiger partial charge < -0.3 is 9.64 Å². The van der Waals surface area contributed by atoms with Crippen LogP contribution in [0.25, 0.3) is 0 Å². The van der Waals surface area contributed by atoms with Crippen molar-refractivity contribution in [3.05, 3.63) is 35.9 Å². The predicted octanol–water partition coefficient (Wildman–Crippen LogP) is 3.59. The van der Waals surface area contributed by atoms with Crippen molar-refractivity contribution in [1.82, 2.24) is 4.90 Å². The summed E-state index contributed by atoms with van der Waals surface area (Å²) in [6, 6.07) is 10.6. The quantitative estimate of drug-likeness (QED) is 0.793. The summed E-state index contributed by atoms with van der Waals surface area (Å²) < 4.78 is 5.91. The number of rotatable bonds is 4. The Kier molecular flexibility index (Phi) is 5.04. The van der Waals surface area contributed by atoms with Gasteiger partial charge in [-0.15, -0.1) is 0 Å². The Labute approximate surface area is 128 Å². The monoisotopic (exact) mass is 289 g/mol. The second-order valence-corrected chi connectivity index (χ2v) is 6.30. The van der Waals surface area contributed by atoms with Crippen LogP contribution in [0.3, 0.4) is 0 Å². The average molecular weight is 289 g/mol. The zero-order valence-corrected chi connectivity index (χ0v) is 13.6. The van der Waals surface area contributed by atoms with Gasteiger partial charge in [-0.2, -0.15) is 0 Å². The first kappa shape index (κ1) is 16.0. The summed E-state index contributed by atoms with van der Waals surface area (Å²) in [5.74, 6) is 0.0911. The van der Waals surface area contributed by atoms with Gasteiger partial charge in [-0.1, -0.05) is 44.2 Å². The first-order valence-electron chi connectivity index (χ1n) is 7.98. The molecule has 0 saturated carbocycles. The zero-order chi connectivity index (χ0) is 15.5. The Morgan fingerprint density at radius 3 is 2.57 bits per heavy atom. The van der Waals surface area contributed by atoms with Gasteiger partial charge in [0.15, 0.2) is 0 Å². The number of piperidine rings is 1. The van der Waals surface area contributed by atoms with E-state index in [9.17, 15) is 4.79 Å². The molecule has 1 fully saturated rings. The van der Waals surface area contributed by atoms with E-state index in [0.717, 1.165) is 31.5 Å². The molecule has 1 aliphatic heterocycles. The van der Waals surface area contributed by atoms with E-state index in [4.69, 9.17) is 4.74 Å². The Morgan fingerprint density at radius 2 is 2.00 bits per heavy atom. The molecule has 21 heavy (non-hydrogen) atoms. The number of esters is 1. The summed E-state index contributed by atoms with van der Waals surface area (Å²) in [6.45, 7) is 10.2. The van der Waals surface area contributed by atoms with E-state index >= 15 is 0 Å². The highest BCUT2D eigenvalue weighted by atomic mass is 16.6. The molecule has 1 aliphatic rings. The lowest BCUT2D eigenvalue weighted by atomic mass is 9.74. The standard InChI is InChI=1S/C18H27NO2/c1-5-11-19-13-14(2)18(12-15(19)3,21-16(4)20)17-9-7-6-8-10-17/h6-10,14-15H,5,11-13H2,1-4H3/t14-,15+,18-/m0/s1. The molecule has 3 nitrogen and oxygen atoms in total. The lowest BCUT2D eigenvalue weighted by Gasteiger charge is -2.49. The van der Waals surface area contributed by atoms with Crippen LogP contribution in [0.1, 0.15) is 46.1 Å². The molecule has 0 amide bonds. The Hall–Kier alpha value is -1.35. The molecule has 0 aromatic heterocycles. The van der Waals surface area contributed by atoms with Gasteiger partial charge in [0.05, 0.1) is 0 Å². The molecule has 1 heterocycles. The lowest BCUT2D eigenvalue weighted by molar-refractivity contribution is -0.176. The number of hydrogen-bond donors (Lipinski definition) is 0. The Balaban J connectivity index is 2.35. The molecule has 0 spiro atoms.